The monoisotopic (exact) mass is 263 g/mol. The van der Waals surface area contributed by atoms with Gasteiger partial charge >= 0.3 is 0 Å². The van der Waals surface area contributed by atoms with Gasteiger partial charge in [-0.2, -0.15) is 0 Å². The first-order chi connectivity index (χ1) is 9.13. The lowest BCUT2D eigenvalue weighted by Gasteiger charge is -2.44. The Hall–Kier alpha value is -1.43. The van der Waals surface area contributed by atoms with Gasteiger partial charge in [-0.3, -0.25) is 9.89 Å². The van der Waals surface area contributed by atoms with Gasteiger partial charge < -0.3 is 10.2 Å². The summed E-state index contributed by atoms with van der Waals surface area (Å²) >= 11 is 0. The van der Waals surface area contributed by atoms with Gasteiger partial charge in [-0.1, -0.05) is 13.8 Å². The Morgan fingerprint density at radius 1 is 1.42 bits per heavy atom. The Kier molecular flexibility index (Phi) is 3.26. The van der Waals surface area contributed by atoms with Gasteiger partial charge in [0.1, 0.15) is 5.82 Å². The van der Waals surface area contributed by atoms with Crippen LogP contribution in [0.4, 0.5) is 0 Å². The summed E-state index contributed by atoms with van der Waals surface area (Å²) in [5.74, 6) is 1.75. The highest BCUT2D eigenvalue weighted by molar-refractivity contribution is 5.90. The third-order valence-electron chi connectivity index (χ3n) is 4.23. The molecule has 0 radical (unpaired) electrons. The SMILES string of the molecule is CC(C)c1nc(C(=O)NC2CN3CCC2CC3)n[nH]1. The molecule has 1 amide bonds. The first kappa shape index (κ1) is 12.6. The molecule has 19 heavy (non-hydrogen) atoms. The fourth-order valence-electron chi connectivity index (χ4n) is 3.00. The highest BCUT2D eigenvalue weighted by Crippen LogP contribution is 2.27. The Labute approximate surface area is 113 Å². The van der Waals surface area contributed by atoms with Crippen LogP contribution in [0.1, 0.15) is 49.1 Å². The van der Waals surface area contributed by atoms with Crippen molar-refractivity contribution in [3.05, 3.63) is 11.6 Å². The predicted molar refractivity (Wildman–Crippen MR) is 70.9 cm³/mol. The van der Waals surface area contributed by atoms with E-state index >= 15 is 0 Å². The lowest BCUT2D eigenvalue weighted by atomic mass is 9.84. The van der Waals surface area contributed by atoms with Crippen LogP contribution in [0, 0.1) is 5.92 Å². The molecule has 3 saturated heterocycles. The van der Waals surface area contributed by atoms with Crippen LogP contribution in [0.3, 0.4) is 0 Å². The molecule has 104 valence electrons. The van der Waals surface area contributed by atoms with E-state index in [9.17, 15) is 4.79 Å². The molecule has 2 bridgehead atoms. The van der Waals surface area contributed by atoms with Crippen LogP contribution >= 0.6 is 0 Å². The molecule has 4 rings (SSSR count). The minimum absolute atomic E-state index is 0.151. The van der Waals surface area contributed by atoms with Crippen LogP contribution in [0.15, 0.2) is 0 Å². The summed E-state index contributed by atoms with van der Waals surface area (Å²) < 4.78 is 0. The van der Waals surface area contributed by atoms with E-state index in [0.717, 1.165) is 12.4 Å². The van der Waals surface area contributed by atoms with Crippen LogP contribution in [0.5, 0.6) is 0 Å². The second-order valence-corrected chi connectivity index (χ2v) is 5.92. The summed E-state index contributed by atoms with van der Waals surface area (Å²) in [6.45, 7) is 7.37. The summed E-state index contributed by atoms with van der Waals surface area (Å²) in [5.41, 5.74) is 0. The number of nitrogens with zero attached hydrogens (tertiary/aromatic N) is 3. The number of hydrogen-bond acceptors (Lipinski definition) is 4. The van der Waals surface area contributed by atoms with Crippen molar-refractivity contribution in [1.82, 2.24) is 25.4 Å². The average Bonchev–Trinajstić information content (AvgIpc) is 2.90. The summed E-state index contributed by atoms with van der Waals surface area (Å²) in [6, 6.07) is 0.260. The van der Waals surface area contributed by atoms with Crippen molar-refractivity contribution in [2.45, 2.75) is 38.6 Å². The van der Waals surface area contributed by atoms with Crippen molar-refractivity contribution in [2.75, 3.05) is 19.6 Å². The van der Waals surface area contributed by atoms with E-state index in [4.69, 9.17) is 0 Å². The standard InChI is InChI=1S/C13H21N5O/c1-8(2)11-15-12(17-16-11)13(19)14-10-7-18-5-3-9(10)4-6-18/h8-10H,3-7H2,1-2H3,(H,14,19)(H,15,16,17). The number of H-pyrrole nitrogens is 1. The molecule has 1 aromatic rings. The summed E-state index contributed by atoms with van der Waals surface area (Å²) in [6.07, 6.45) is 2.38. The molecule has 1 aromatic heterocycles. The average molecular weight is 263 g/mol. The lowest BCUT2D eigenvalue weighted by Crippen LogP contribution is -2.57. The van der Waals surface area contributed by atoms with Crippen molar-refractivity contribution in [1.29, 1.82) is 0 Å². The highest BCUT2D eigenvalue weighted by Gasteiger charge is 2.35. The van der Waals surface area contributed by atoms with E-state index in [2.05, 4.69) is 25.4 Å². The number of rotatable bonds is 3. The number of aromatic amines is 1. The number of fused-ring (bicyclic) bond motifs is 3. The van der Waals surface area contributed by atoms with E-state index in [1.165, 1.54) is 25.9 Å². The maximum Gasteiger partial charge on any atom is 0.291 e. The molecule has 6 heteroatoms. The van der Waals surface area contributed by atoms with E-state index < -0.39 is 0 Å². The van der Waals surface area contributed by atoms with E-state index in [1.807, 2.05) is 13.8 Å². The third kappa shape index (κ3) is 2.49. The molecule has 3 aliphatic rings. The zero-order chi connectivity index (χ0) is 13.4. The van der Waals surface area contributed by atoms with E-state index in [1.54, 1.807) is 0 Å². The number of carbonyl (C=O) groups excluding carboxylic acids is 1. The van der Waals surface area contributed by atoms with Crippen molar-refractivity contribution in [3.8, 4) is 0 Å². The van der Waals surface area contributed by atoms with Gasteiger partial charge in [0.15, 0.2) is 0 Å². The van der Waals surface area contributed by atoms with Gasteiger partial charge in [0.25, 0.3) is 5.91 Å². The minimum atomic E-state index is -0.151. The van der Waals surface area contributed by atoms with Crippen LogP contribution < -0.4 is 5.32 Å². The van der Waals surface area contributed by atoms with Gasteiger partial charge in [0, 0.05) is 18.5 Å². The quantitative estimate of drug-likeness (QED) is 0.844. The molecule has 3 fully saturated rings. The molecular weight excluding hydrogens is 242 g/mol. The summed E-state index contributed by atoms with van der Waals surface area (Å²) in [4.78, 5) is 18.8. The Balaban J connectivity index is 1.64. The largest absolute Gasteiger partial charge is 0.345 e. The van der Waals surface area contributed by atoms with Crippen molar-refractivity contribution in [3.63, 3.8) is 0 Å². The predicted octanol–water partition coefficient (Wildman–Crippen LogP) is 0.752. The maximum atomic E-state index is 12.2. The van der Waals surface area contributed by atoms with Gasteiger partial charge in [-0.05, 0) is 31.8 Å². The molecule has 1 atom stereocenters. The zero-order valence-corrected chi connectivity index (χ0v) is 11.5. The maximum absolute atomic E-state index is 12.2. The first-order valence-corrected chi connectivity index (χ1v) is 7.09. The number of aromatic nitrogens is 3. The molecule has 2 N–H and O–H groups in total. The Morgan fingerprint density at radius 2 is 2.16 bits per heavy atom. The fraction of sp³-hybridized carbons (Fsp3) is 0.769. The van der Waals surface area contributed by atoms with Crippen LogP contribution in [0.25, 0.3) is 0 Å². The molecule has 0 saturated carbocycles. The topological polar surface area (TPSA) is 73.9 Å². The van der Waals surface area contributed by atoms with Gasteiger partial charge in [-0.15, -0.1) is 5.10 Å². The van der Waals surface area contributed by atoms with Gasteiger partial charge in [-0.25, -0.2) is 4.98 Å². The molecule has 0 spiro atoms. The first-order valence-electron chi connectivity index (χ1n) is 7.09. The number of piperidine rings is 3. The summed E-state index contributed by atoms with van der Waals surface area (Å²) in [7, 11) is 0. The molecule has 3 aliphatic heterocycles. The van der Waals surface area contributed by atoms with E-state index in [-0.39, 0.29) is 23.7 Å². The van der Waals surface area contributed by atoms with Crippen LogP contribution in [-0.4, -0.2) is 51.7 Å². The zero-order valence-electron chi connectivity index (χ0n) is 11.5. The van der Waals surface area contributed by atoms with Gasteiger partial charge in [0.2, 0.25) is 5.82 Å². The number of hydrogen-bond donors (Lipinski definition) is 2. The van der Waals surface area contributed by atoms with E-state index in [0.29, 0.717) is 5.92 Å². The molecule has 1 unspecified atom stereocenters. The Bertz CT molecular complexity index is 461. The number of nitrogens with one attached hydrogen (secondary N) is 2. The molecule has 6 nitrogen and oxygen atoms in total. The van der Waals surface area contributed by atoms with Gasteiger partial charge in [0.05, 0.1) is 0 Å². The van der Waals surface area contributed by atoms with Crippen LogP contribution in [0.2, 0.25) is 0 Å². The Morgan fingerprint density at radius 3 is 2.68 bits per heavy atom. The normalized spacial score (nSPS) is 29.7. The number of amides is 1. The molecule has 0 aliphatic carbocycles. The third-order valence-corrected chi connectivity index (χ3v) is 4.23. The second-order valence-electron chi connectivity index (χ2n) is 5.92. The molecular formula is C13H21N5O. The molecule has 4 heterocycles. The van der Waals surface area contributed by atoms with Crippen LogP contribution in [-0.2, 0) is 0 Å². The highest BCUT2D eigenvalue weighted by atomic mass is 16.2. The smallest absolute Gasteiger partial charge is 0.291 e. The van der Waals surface area contributed by atoms with Crippen molar-refractivity contribution >= 4 is 5.91 Å². The summed E-state index contributed by atoms with van der Waals surface area (Å²) in [5, 5.41) is 9.92. The minimum Gasteiger partial charge on any atom is -0.345 e. The van der Waals surface area contributed by atoms with Crippen molar-refractivity contribution < 1.29 is 4.79 Å². The van der Waals surface area contributed by atoms with Crippen molar-refractivity contribution in [2.24, 2.45) is 5.92 Å². The fourth-order valence-corrected chi connectivity index (χ4v) is 3.00. The number of carbonyl (C=O) groups is 1. The lowest BCUT2D eigenvalue weighted by molar-refractivity contribution is 0.0615. The second kappa shape index (κ2) is 4.92. The molecule has 0 aromatic carbocycles.